The molecule has 0 heterocycles. The minimum Gasteiger partial charge on any atom is -0.506 e. The number of aromatic hydroxyl groups is 1. The van der Waals surface area contributed by atoms with Gasteiger partial charge in [-0.2, -0.15) is 0 Å². The lowest BCUT2D eigenvalue weighted by Gasteiger charge is -2.08. The van der Waals surface area contributed by atoms with Crippen molar-refractivity contribution in [1.29, 1.82) is 0 Å². The highest BCUT2D eigenvalue weighted by Crippen LogP contribution is 2.27. The van der Waals surface area contributed by atoms with Gasteiger partial charge in [0.05, 0.1) is 5.69 Å². The first-order chi connectivity index (χ1) is 9.56. The second kappa shape index (κ2) is 6.43. The highest BCUT2D eigenvalue weighted by Gasteiger charge is 2.08. The van der Waals surface area contributed by atoms with Gasteiger partial charge in [0.2, 0.25) is 5.91 Å². The summed E-state index contributed by atoms with van der Waals surface area (Å²) in [5.41, 5.74) is 7.85. The van der Waals surface area contributed by atoms with Crippen LogP contribution in [0.4, 0.5) is 11.4 Å². The Balaban J connectivity index is 1.96. The van der Waals surface area contributed by atoms with Crippen molar-refractivity contribution in [1.82, 2.24) is 0 Å². The third-order valence-corrected chi connectivity index (χ3v) is 3.40. The summed E-state index contributed by atoms with van der Waals surface area (Å²) in [6.45, 7) is 0. The fraction of sp³-hybridized carbons (Fsp3) is 0.133. The van der Waals surface area contributed by atoms with Crippen LogP contribution in [0.3, 0.4) is 0 Å². The number of benzene rings is 2. The molecule has 0 aliphatic rings. The number of aryl methyl sites for hydroxylation is 1. The van der Waals surface area contributed by atoms with Crippen molar-refractivity contribution in [3.8, 4) is 5.75 Å². The SMILES string of the molecule is Nc1ccccc1CCC(=O)Nc1cc(Br)ccc1O. The molecule has 0 saturated carbocycles. The number of nitrogen functional groups attached to an aromatic ring is 1. The topological polar surface area (TPSA) is 75.4 Å². The minimum absolute atomic E-state index is 0.0424. The van der Waals surface area contributed by atoms with Crippen LogP contribution in [0, 0.1) is 0 Å². The predicted molar refractivity (Wildman–Crippen MR) is 83.6 cm³/mol. The molecule has 0 spiro atoms. The lowest BCUT2D eigenvalue weighted by atomic mass is 10.1. The van der Waals surface area contributed by atoms with E-state index in [1.807, 2.05) is 24.3 Å². The first kappa shape index (κ1) is 14.4. The first-order valence-electron chi connectivity index (χ1n) is 6.18. The number of phenolic OH excluding ortho intramolecular Hbond substituents is 1. The molecule has 0 bridgehead atoms. The molecule has 0 saturated heterocycles. The predicted octanol–water partition coefficient (Wildman–Crippen LogP) is 3.31. The van der Waals surface area contributed by atoms with Gasteiger partial charge in [-0.05, 0) is 36.2 Å². The second-order valence-corrected chi connectivity index (χ2v) is 5.32. The molecule has 0 unspecified atom stereocenters. The van der Waals surface area contributed by atoms with Crippen molar-refractivity contribution in [2.24, 2.45) is 0 Å². The van der Waals surface area contributed by atoms with E-state index in [4.69, 9.17) is 5.73 Å². The molecule has 0 atom stereocenters. The Kier molecular flexibility index (Phi) is 4.63. The zero-order chi connectivity index (χ0) is 14.5. The van der Waals surface area contributed by atoms with Crippen LogP contribution in [0.2, 0.25) is 0 Å². The summed E-state index contributed by atoms with van der Waals surface area (Å²) in [6.07, 6.45) is 0.868. The summed E-state index contributed by atoms with van der Waals surface area (Å²) >= 11 is 3.29. The molecular weight excluding hydrogens is 320 g/mol. The van der Waals surface area contributed by atoms with Crippen molar-refractivity contribution in [3.63, 3.8) is 0 Å². The molecule has 2 aromatic rings. The number of nitrogens with two attached hydrogens (primary N) is 1. The Morgan fingerprint density at radius 3 is 2.75 bits per heavy atom. The van der Waals surface area contributed by atoms with E-state index in [2.05, 4.69) is 21.2 Å². The molecule has 1 amide bonds. The Labute approximate surface area is 125 Å². The van der Waals surface area contributed by atoms with Gasteiger partial charge in [0.25, 0.3) is 0 Å². The number of hydrogen-bond acceptors (Lipinski definition) is 3. The Bertz CT molecular complexity index is 629. The normalized spacial score (nSPS) is 10.2. The lowest BCUT2D eigenvalue weighted by Crippen LogP contribution is -2.12. The van der Waals surface area contributed by atoms with E-state index < -0.39 is 0 Å². The van der Waals surface area contributed by atoms with Crippen molar-refractivity contribution in [2.45, 2.75) is 12.8 Å². The van der Waals surface area contributed by atoms with Crippen molar-refractivity contribution in [3.05, 3.63) is 52.5 Å². The van der Waals surface area contributed by atoms with Gasteiger partial charge >= 0.3 is 0 Å². The number of carbonyl (C=O) groups is 1. The maximum absolute atomic E-state index is 11.9. The highest BCUT2D eigenvalue weighted by atomic mass is 79.9. The second-order valence-electron chi connectivity index (χ2n) is 4.41. The molecular formula is C15H15BrN2O2. The zero-order valence-electron chi connectivity index (χ0n) is 10.8. The summed E-state index contributed by atoms with van der Waals surface area (Å²) in [6, 6.07) is 12.4. The van der Waals surface area contributed by atoms with Gasteiger partial charge in [-0.25, -0.2) is 0 Å². The van der Waals surface area contributed by atoms with E-state index in [1.165, 1.54) is 6.07 Å². The highest BCUT2D eigenvalue weighted by molar-refractivity contribution is 9.10. The summed E-state index contributed by atoms with van der Waals surface area (Å²) in [7, 11) is 0. The fourth-order valence-corrected chi connectivity index (χ4v) is 2.19. The smallest absolute Gasteiger partial charge is 0.224 e. The largest absolute Gasteiger partial charge is 0.506 e. The summed E-state index contributed by atoms with van der Waals surface area (Å²) in [4.78, 5) is 11.9. The van der Waals surface area contributed by atoms with Crippen LogP contribution >= 0.6 is 15.9 Å². The summed E-state index contributed by atoms with van der Waals surface area (Å²) in [5.74, 6) is -0.123. The molecule has 5 heteroatoms. The minimum atomic E-state index is -0.165. The lowest BCUT2D eigenvalue weighted by molar-refractivity contribution is -0.116. The number of halogens is 1. The number of phenols is 1. The molecule has 104 valence electrons. The van der Waals surface area contributed by atoms with E-state index in [0.29, 0.717) is 24.2 Å². The first-order valence-corrected chi connectivity index (χ1v) is 6.97. The van der Waals surface area contributed by atoms with Crippen molar-refractivity contribution < 1.29 is 9.90 Å². The van der Waals surface area contributed by atoms with Gasteiger partial charge in [-0.1, -0.05) is 34.1 Å². The third-order valence-electron chi connectivity index (χ3n) is 2.91. The maximum Gasteiger partial charge on any atom is 0.224 e. The summed E-state index contributed by atoms with van der Waals surface area (Å²) in [5, 5.41) is 12.3. The van der Waals surface area contributed by atoms with Gasteiger partial charge in [-0.3, -0.25) is 4.79 Å². The van der Waals surface area contributed by atoms with E-state index in [-0.39, 0.29) is 11.7 Å². The molecule has 20 heavy (non-hydrogen) atoms. The van der Waals surface area contributed by atoms with Crippen LogP contribution in [-0.2, 0) is 11.2 Å². The molecule has 0 aliphatic heterocycles. The standard InChI is InChI=1S/C15H15BrN2O2/c16-11-6-7-14(19)13(9-11)18-15(20)8-5-10-3-1-2-4-12(10)17/h1-4,6-7,9,19H,5,8,17H2,(H,18,20). The molecule has 4 nitrogen and oxygen atoms in total. The van der Waals surface area contributed by atoms with E-state index in [0.717, 1.165) is 10.0 Å². The number of rotatable bonds is 4. The average molecular weight is 335 g/mol. The van der Waals surface area contributed by atoms with Crippen LogP contribution in [0.5, 0.6) is 5.75 Å². The van der Waals surface area contributed by atoms with Gasteiger partial charge in [0, 0.05) is 16.6 Å². The van der Waals surface area contributed by atoms with E-state index in [9.17, 15) is 9.90 Å². The fourth-order valence-electron chi connectivity index (χ4n) is 1.83. The van der Waals surface area contributed by atoms with Gasteiger partial charge in [-0.15, -0.1) is 0 Å². The van der Waals surface area contributed by atoms with Crippen molar-refractivity contribution in [2.75, 3.05) is 11.1 Å². The van der Waals surface area contributed by atoms with E-state index >= 15 is 0 Å². The molecule has 0 aromatic heterocycles. The van der Waals surface area contributed by atoms with Gasteiger partial charge in [0.15, 0.2) is 0 Å². The molecule has 0 fully saturated rings. The summed E-state index contributed by atoms with van der Waals surface area (Å²) < 4.78 is 0.790. The molecule has 2 rings (SSSR count). The molecule has 0 radical (unpaired) electrons. The molecule has 0 aliphatic carbocycles. The number of amides is 1. The number of carbonyl (C=O) groups excluding carboxylic acids is 1. The van der Waals surface area contributed by atoms with Crippen LogP contribution in [0.15, 0.2) is 46.9 Å². The van der Waals surface area contributed by atoms with Crippen LogP contribution in [-0.4, -0.2) is 11.0 Å². The number of para-hydroxylation sites is 1. The number of nitrogens with one attached hydrogen (secondary N) is 1. The van der Waals surface area contributed by atoms with Gasteiger partial charge < -0.3 is 16.2 Å². The third kappa shape index (κ3) is 3.74. The Morgan fingerprint density at radius 1 is 1.25 bits per heavy atom. The van der Waals surface area contributed by atoms with Crippen molar-refractivity contribution >= 4 is 33.2 Å². The maximum atomic E-state index is 11.9. The van der Waals surface area contributed by atoms with Crippen LogP contribution in [0.25, 0.3) is 0 Å². The number of anilines is 2. The van der Waals surface area contributed by atoms with Crippen LogP contribution < -0.4 is 11.1 Å². The monoisotopic (exact) mass is 334 g/mol. The Hall–Kier alpha value is -2.01. The quantitative estimate of drug-likeness (QED) is 0.593. The molecule has 2 aromatic carbocycles. The van der Waals surface area contributed by atoms with Gasteiger partial charge in [0.1, 0.15) is 5.75 Å². The van der Waals surface area contributed by atoms with Crippen LogP contribution in [0.1, 0.15) is 12.0 Å². The van der Waals surface area contributed by atoms with E-state index in [1.54, 1.807) is 12.1 Å². The average Bonchev–Trinajstić information content (AvgIpc) is 2.42. The zero-order valence-corrected chi connectivity index (χ0v) is 12.4. The Morgan fingerprint density at radius 2 is 2.00 bits per heavy atom. The number of hydrogen-bond donors (Lipinski definition) is 3. The molecule has 4 N–H and O–H groups in total.